The quantitative estimate of drug-likeness (QED) is 0.570. The topological polar surface area (TPSA) is 88.4 Å². The first-order chi connectivity index (χ1) is 15.9. The molecule has 6 nitrogen and oxygen atoms in total. The molecular weight excluding hydrogens is 440 g/mol. The van der Waals surface area contributed by atoms with Gasteiger partial charge in [-0.15, -0.1) is 0 Å². The molecule has 0 saturated carbocycles. The summed E-state index contributed by atoms with van der Waals surface area (Å²) < 4.78 is 5.76. The van der Waals surface area contributed by atoms with Gasteiger partial charge in [-0.25, -0.2) is 0 Å². The standard InChI is InChI=1S/C26H21ClN2O4/c1-14-22(26(32)29-16-6-3-2-4-7-16)23(24-19(28-14)8-5-9-20(24)30)18-13-33-21-11-10-15(27)12-17(21)25(18)31/h2-4,6-7,10-13,23,28H,5,8-9H2,1H3,(H,29,32)/t23-/m1/s1. The summed E-state index contributed by atoms with van der Waals surface area (Å²) in [5.41, 5.74) is 3.08. The molecule has 0 unspecified atom stereocenters. The Morgan fingerprint density at radius 1 is 1.12 bits per heavy atom. The highest BCUT2D eigenvalue weighted by Crippen LogP contribution is 2.42. The zero-order chi connectivity index (χ0) is 23.1. The van der Waals surface area contributed by atoms with E-state index in [-0.39, 0.29) is 22.7 Å². The van der Waals surface area contributed by atoms with Crippen molar-refractivity contribution in [2.45, 2.75) is 32.1 Å². The number of halogens is 1. The van der Waals surface area contributed by atoms with Crippen LogP contribution in [0.4, 0.5) is 5.69 Å². The molecule has 166 valence electrons. The predicted molar refractivity (Wildman–Crippen MR) is 127 cm³/mol. The predicted octanol–water partition coefficient (Wildman–Crippen LogP) is 5.05. The molecule has 1 atom stereocenters. The Labute approximate surface area is 194 Å². The van der Waals surface area contributed by atoms with Gasteiger partial charge in [-0.05, 0) is 50.1 Å². The molecule has 1 amide bonds. The molecule has 2 aromatic carbocycles. The molecule has 1 aliphatic heterocycles. The number of anilines is 1. The van der Waals surface area contributed by atoms with E-state index < -0.39 is 5.92 Å². The van der Waals surface area contributed by atoms with Crippen molar-refractivity contribution in [3.8, 4) is 0 Å². The molecule has 7 heteroatoms. The van der Waals surface area contributed by atoms with E-state index in [1.165, 1.54) is 6.26 Å². The van der Waals surface area contributed by atoms with Crippen LogP contribution in [0.15, 0.2) is 86.5 Å². The molecule has 2 heterocycles. The number of benzene rings is 2. The Kier molecular flexibility index (Phi) is 5.38. The van der Waals surface area contributed by atoms with Crippen molar-refractivity contribution in [2.75, 3.05) is 5.32 Å². The third-order valence-electron chi connectivity index (χ3n) is 6.12. The molecule has 0 fully saturated rings. The number of Topliss-reactive ketones (excluding diaryl/α,β-unsaturated/α-hetero) is 1. The second kappa shape index (κ2) is 8.37. The Balaban J connectivity index is 1.70. The lowest BCUT2D eigenvalue weighted by atomic mass is 9.75. The van der Waals surface area contributed by atoms with Gasteiger partial charge in [0.15, 0.2) is 11.2 Å². The van der Waals surface area contributed by atoms with Crippen molar-refractivity contribution in [3.63, 3.8) is 0 Å². The maximum Gasteiger partial charge on any atom is 0.254 e. The molecule has 0 saturated heterocycles. The van der Waals surface area contributed by atoms with E-state index in [9.17, 15) is 14.4 Å². The van der Waals surface area contributed by atoms with Crippen molar-refractivity contribution in [1.29, 1.82) is 0 Å². The first-order valence-electron chi connectivity index (χ1n) is 10.8. The summed E-state index contributed by atoms with van der Waals surface area (Å²) in [5, 5.41) is 6.86. The Bertz CT molecular complexity index is 1420. The second-order valence-electron chi connectivity index (χ2n) is 8.25. The summed E-state index contributed by atoms with van der Waals surface area (Å²) in [4.78, 5) is 40.1. The number of hydrogen-bond donors (Lipinski definition) is 2. The molecule has 5 rings (SSSR count). The summed E-state index contributed by atoms with van der Waals surface area (Å²) in [5.74, 6) is -1.29. The third kappa shape index (κ3) is 3.76. The van der Waals surface area contributed by atoms with E-state index in [0.29, 0.717) is 51.4 Å². The van der Waals surface area contributed by atoms with Gasteiger partial charge in [-0.2, -0.15) is 0 Å². The van der Waals surface area contributed by atoms with Crippen molar-refractivity contribution in [1.82, 2.24) is 5.32 Å². The highest BCUT2D eigenvalue weighted by atomic mass is 35.5. The van der Waals surface area contributed by atoms with Crippen molar-refractivity contribution >= 4 is 39.9 Å². The van der Waals surface area contributed by atoms with Crippen LogP contribution in [-0.4, -0.2) is 11.7 Å². The number of ketones is 1. The minimum absolute atomic E-state index is 0.0724. The number of dihydropyridines is 1. The molecule has 3 aromatic rings. The number of rotatable bonds is 3. The van der Waals surface area contributed by atoms with Gasteiger partial charge >= 0.3 is 0 Å². The van der Waals surface area contributed by atoms with Crippen LogP contribution in [-0.2, 0) is 9.59 Å². The van der Waals surface area contributed by atoms with Crippen LogP contribution in [0.25, 0.3) is 11.0 Å². The molecule has 0 spiro atoms. The molecular formula is C26H21ClN2O4. The van der Waals surface area contributed by atoms with E-state index in [2.05, 4.69) is 10.6 Å². The number of fused-ring (bicyclic) bond motifs is 1. The highest BCUT2D eigenvalue weighted by Gasteiger charge is 2.40. The summed E-state index contributed by atoms with van der Waals surface area (Å²) >= 11 is 6.13. The fourth-order valence-corrected chi connectivity index (χ4v) is 4.80. The Morgan fingerprint density at radius 3 is 2.70 bits per heavy atom. The molecule has 33 heavy (non-hydrogen) atoms. The summed E-state index contributed by atoms with van der Waals surface area (Å²) in [6, 6.07) is 13.9. The number of para-hydroxylation sites is 1. The van der Waals surface area contributed by atoms with E-state index in [4.69, 9.17) is 16.0 Å². The number of carbonyl (C=O) groups is 2. The first kappa shape index (κ1) is 21.2. The third-order valence-corrected chi connectivity index (χ3v) is 6.36. The summed E-state index contributed by atoms with van der Waals surface area (Å²) in [7, 11) is 0. The van der Waals surface area contributed by atoms with Gasteiger partial charge in [0.05, 0.1) is 17.6 Å². The van der Waals surface area contributed by atoms with Crippen LogP contribution in [0, 0.1) is 0 Å². The number of allylic oxidation sites excluding steroid dienone is 3. The minimum Gasteiger partial charge on any atom is -0.464 e. The number of nitrogens with one attached hydrogen (secondary N) is 2. The van der Waals surface area contributed by atoms with E-state index >= 15 is 0 Å². The lowest BCUT2D eigenvalue weighted by Gasteiger charge is -2.34. The van der Waals surface area contributed by atoms with Gasteiger partial charge in [0.1, 0.15) is 5.58 Å². The first-order valence-corrected chi connectivity index (χ1v) is 11.1. The van der Waals surface area contributed by atoms with E-state index in [1.54, 1.807) is 37.3 Å². The molecule has 0 bridgehead atoms. The van der Waals surface area contributed by atoms with Crippen LogP contribution in [0.5, 0.6) is 0 Å². The van der Waals surface area contributed by atoms with Crippen molar-refractivity contribution in [3.05, 3.63) is 98.1 Å². The summed E-state index contributed by atoms with van der Waals surface area (Å²) in [6.07, 6.45) is 3.13. The van der Waals surface area contributed by atoms with Crippen LogP contribution in [0.3, 0.4) is 0 Å². The zero-order valence-corrected chi connectivity index (χ0v) is 18.7. The van der Waals surface area contributed by atoms with Crippen molar-refractivity contribution < 1.29 is 14.0 Å². The van der Waals surface area contributed by atoms with Gasteiger partial charge in [-0.3, -0.25) is 14.4 Å². The van der Waals surface area contributed by atoms with Crippen molar-refractivity contribution in [2.24, 2.45) is 0 Å². The van der Waals surface area contributed by atoms with Gasteiger partial charge < -0.3 is 15.1 Å². The Hall–Kier alpha value is -3.64. The molecule has 1 aromatic heterocycles. The maximum atomic E-state index is 13.6. The highest BCUT2D eigenvalue weighted by molar-refractivity contribution is 6.31. The van der Waals surface area contributed by atoms with Crippen LogP contribution in [0.2, 0.25) is 5.02 Å². The number of hydrogen-bond acceptors (Lipinski definition) is 5. The van der Waals surface area contributed by atoms with Crippen LogP contribution >= 0.6 is 11.6 Å². The second-order valence-corrected chi connectivity index (χ2v) is 8.68. The molecule has 0 radical (unpaired) electrons. The minimum atomic E-state index is -0.836. The Morgan fingerprint density at radius 2 is 1.91 bits per heavy atom. The molecule has 2 aliphatic rings. The smallest absolute Gasteiger partial charge is 0.254 e. The van der Waals surface area contributed by atoms with Gasteiger partial charge in [0.2, 0.25) is 0 Å². The monoisotopic (exact) mass is 460 g/mol. The van der Waals surface area contributed by atoms with Crippen LogP contribution < -0.4 is 16.1 Å². The lowest BCUT2D eigenvalue weighted by Crippen LogP contribution is -2.37. The average Bonchev–Trinajstić information content (AvgIpc) is 2.80. The lowest BCUT2D eigenvalue weighted by molar-refractivity contribution is -0.116. The van der Waals surface area contributed by atoms with Crippen LogP contribution in [0.1, 0.15) is 37.7 Å². The van der Waals surface area contributed by atoms with E-state index in [1.807, 2.05) is 18.2 Å². The largest absolute Gasteiger partial charge is 0.464 e. The zero-order valence-electron chi connectivity index (χ0n) is 17.9. The number of amides is 1. The fraction of sp³-hybridized carbons (Fsp3) is 0.192. The van der Waals surface area contributed by atoms with Gasteiger partial charge in [-0.1, -0.05) is 29.8 Å². The maximum absolute atomic E-state index is 13.6. The van der Waals surface area contributed by atoms with E-state index in [0.717, 1.165) is 12.1 Å². The fourth-order valence-electron chi connectivity index (χ4n) is 4.63. The molecule has 2 N–H and O–H groups in total. The van der Waals surface area contributed by atoms with Gasteiger partial charge in [0.25, 0.3) is 5.91 Å². The summed E-state index contributed by atoms with van der Waals surface area (Å²) in [6.45, 7) is 1.79. The number of carbonyl (C=O) groups excluding carboxylic acids is 2. The van der Waals surface area contributed by atoms with Gasteiger partial charge in [0, 0.05) is 45.2 Å². The SMILES string of the molecule is CC1=C(C(=O)Nc2ccccc2)[C@@H](c2coc3ccc(Cl)cc3c2=O)C2=C(CCCC2=O)N1. The average molecular weight is 461 g/mol. The normalized spacial score (nSPS) is 18.2. The molecule has 1 aliphatic carbocycles.